The minimum atomic E-state index is 0.344. The Hall–Kier alpha value is -1.06. The lowest BCUT2D eigenvalue weighted by Crippen LogP contribution is -2.60. The fourth-order valence-electron chi connectivity index (χ4n) is 3.94. The van der Waals surface area contributed by atoms with Crippen molar-refractivity contribution in [3.05, 3.63) is 29.8 Å². The van der Waals surface area contributed by atoms with E-state index in [2.05, 4.69) is 41.4 Å². The molecule has 1 saturated carbocycles. The zero-order valence-electron chi connectivity index (χ0n) is 12.3. The molecule has 2 fully saturated rings. The monoisotopic (exact) mass is 272 g/mol. The van der Waals surface area contributed by atoms with Crippen molar-refractivity contribution in [2.45, 2.75) is 31.2 Å². The van der Waals surface area contributed by atoms with E-state index in [9.17, 15) is 0 Å². The van der Waals surface area contributed by atoms with Gasteiger partial charge in [-0.1, -0.05) is 18.2 Å². The van der Waals surface area contributed by atoms with E-state index in [0.717, 1.165) is 31.4 Å². The summed E-state index contributed by atoms with van der Waals surface area (Å²) in [5.74, 6) is 2.54. The first-order valence-electron chi connectivity index (χ1n) is 7.94. The van der Waals surface area contributed by atoms with Crippen molar-refractivity contribution in [1.29, 1.82) is 0 Å². The number of benzene rings is 1. The largest absolute Gasteiger partial charge is 0.493 e. The van der Waals surface area contributed by atoms with Crippen molar-refractivity contribution in [3.63, 3.8) is 0 Å². The van der Waals surface area contributed by atoms with Crippen LogP contribution in [0.25, 0.3) is 0 Å². The third-order valence-corrected chi connectivity index (χ3v) is 5.26. The molecule has 0 aromatic heterocycles. The summed E-state index contributed by atoms with van der Waals surface area (Å²) in [6.07, 6.45) is 2.82. The van der Waals surface area contributed by atoms with Gasteiger partial charge in [-0.2, -0.15) is 0 Å². The molecule has 3 heteroatoms. The van der Waals surface area contributed by atoms with Crippen LogP contribution in [0, 0.1) is 5.92 Å². The standard InChI is InChI=1S/C17H24N2O/c1-17(14-6-7-14)12-19(9-8-18-17)10-13-11-20-16-5-3-2-4-15(13)16/h2-5,13-14,18H,6-12H2,1H3. The summed E-state index contributed by atoms with van der Waals surface area (Å²) < 4.78 is 5.82. The number of nitrogens with one attached hydrogen (secondary N) is 1. The quantitative estimate of drug-likeness (QED) is 0.913. The van der Waals surface area contributed by atoms with Crippen molar-refractivity contribution in [2.75, 3.05) is 32.8 Å². The van der Waals surface area contributed by atoms with Gasteiger partial charge in [-0.3, -0.25) is 4.90 Å². The second-order valence-electron chi connectivity index (χ2n) is 6.90. The number of fused-ring (bicyclic) bond motifs is 1. The molecule has 0 radical (unpaired) electrons. The minimum Gasteiger partial charge on any atom is -0.493 e. The SMILES string of the molecule is CC1(C2CC2)CN(CC2COc3ccccc32)CCN1. The molecule has 1 aliphatic carbocycles. The highest BCUT2D eigenvalue weighted by Gasteiger charge is 2.44. The van der Waals surface area contributed by atoms with Crippen LogP contribution in [0.4, 0.5) is 0 Å². The highest BCUT2D eigenvalue weighted by atomic mass is 16.5. The fourth-order valence-corrected chi connectivity index (χ4v) is 3.94. The second-order valence-corrected chi connectivity index (χ2v) is 6.90. The number of rotatable bonds is 3. The highest BCUT2D eigenvalue weighted by Crippen LogP contribution is 2.41. The van der Waals surface area contributed by atoms with Crippen molar-refractivity contribution in [2.24, 2.45) is 5.92 Å². The molecule has 2 heterocycles. The molecule has 1 saturated heterocycles. The normalized spacial score (nSPS) is 33.8. The molecular weight excluding hydrogens is 248 g/mol. The Morgan fingerprint density at radius 3 is 3.05 bits per heavy atom. The van der Waals surface area contributed by atoms with Gasteiger partial charge in [0.15, 0.2) is 0 Å². The molecule has 3 nitrogen and oxygen atoms in total. The Morgan fingerprint density at radius 2 is 2.20 bits per heavy atom. The van der Waals surface area contributed by atoms with E-state index in [1.165, 1.54) is 31.5 Å². The molecule has 0 amide bonds. The lowest BCUT2D eigenvalue weighted by Gasteiger charge is -2.42. The van der Waals surface area contributed by atoms with E-state index in [-0.39, 0.29) is 0 Å². The van der Waals surface area contributed by atoms with Gasteiger partial charge in [0.1, 0.15) is 5.75 Å². The van der Waals surface area contributed by atoms with Gasteiger partial charge >= 0.3 is 0 Å². The molecule has 0 spiro atoms. The predicted molar refractivity (Wildman–Crippen MR) is 80.2 cm³/mol. The van der Waals surface area contributed by atoms with E-state index < -0.39 is 0 Å². The van der Waals surface area contributed by atoms with Crippen LogP contribution >= 0.6 is 0 Å². The van der Waals surface area contributed by atoms with Gasteiger partial charge in [0, 0.05) is 43.2 Å². The zero-order valence-corrected chi connectivity index (χ0v) is 12.3. The Balaban J connectivity index is 1.44. The summed E-state index contributed by atoms with van der Waals surface area (Å²) in [5.41, 5.74) is 1.75. The lowest BCUT2D eigenvalue weighted by atomic mass is 9.91. The summed E-state index contributed by atoms with van der Waals surface area (Å²) in [6, 6.07) is 8.53. The third kappa shape index (κ3) is 2.23. The molecule has 3 aliphatic rings. The Morgan fingerprint density at radius 1 is 1.35 bits per heavy atom. The van der Waals surface area contributed by atoms with Gasteiger partial charge in [-0.25, -0.2) is 0 Å². The Kier molecular flexibility index (Phi) is 3.00. The number of hydrogen-bond acceptors (Lipinski definition) is 3. The summed E-state index contributed by atoms with van der Waals surface area (Å²) in [7, 11) is 0. The van der Waals surface area contributed by atoms with E-state index >= 15 is 0 Å². The van der Waals surface area contributed by atoms with E-state index in [1.54, 1.807) is 0 Å². The van der Waals surface area contributed by atoms with Crippen LogP contribution in [0.1, 0.15) is 31.2 Å². The number of ether oxygens (including phenoxy) is 1. The topological polar surface area (TPSA) is 24.5 Å². The summed E-state index contributed by atoms with van der Waals surface area (Å²) in [4.78, 5) is 2.64. The average molecular weight is 272 g/mol. The zero-order chi connectivity index (χ0) is 13.6. The molecule has 0 bridgehead atoms. The maximum absolute atomic E-state index is 5.82. The van der Waals surface area contributed by atoms with Crippen LogP contribution in [0.5, 0.6) is 5.75 Å². The number of piperazine rings is 1. The molecule has 20 heavy (non-hydrogen) atoms. The summed E-state index contributed by atoms with van der Waals surface area (Å²) >= 11 is 0. The van der Waals surface area contributed by atoms with E-state index in [1.807, 2.05) is 0 Å². The predicted octanol–water partition coefficient (Wildman–Crippen LogP) is 2.24. The molecular formula is C17H24N2O. The Bertz CT molecular complexity index is 500. The first kappa shape index (κ1) is 12.7. The van der Waals surface area contributed by atoms with E-state index in [4.69, 9.17) is 4.74 Å². The van der Waals surface area contributed by atoms with Crippen molar-refractivity contribution < 1.29 is 4.74 Å². The van der Waals surface area contributed by atoms with Gasteiger partial charge in [0.25, 0.3) is 0 Å². The molecule has 1 aromatic rings. The average Bonchev–Trinajstić information content (AvgIpc) is 3.24. The van der Waals surface area contributed by atoms with Crippen LogP contribution in [0.15, 0.2) is 24.3 Å². The van der Waals surface area contributed by atoms with Crippen molar-refractivity contribution in [3.8, 4) is 5.75 Å². The number of para-hydroxylation sites is 1. The van der Waals surface area contributed by atoms with Crippen LogP contribution in [-0.4, -0.2) is 43.2 Å². The van der Waals surface area contributed by atoms with Gasteiger partial charge in [-0.05, 0) is 31.7 Å². The smallest absolute Gasteiger partial charge is 0.122 e. The molecule has 2 aliphatic heterocycles. The Labute approximate surface area is 121 Å². The fraction of sp³-hybridized carbons (Fsp3) is 0.647. The second kappa shape index (κ2) is 4.74. The molecule has 2 unspecified atom stereocenters. The summed E-state index contributed by atoms with van der Waals surface area (Å²) in [5, 5.41) is 3.76. The van der Waals surface area contributed by atoms with Crippen LogP contribution in [0.3, 0.4) is 0 Å². The van der Waals surface area contributed by atoms with Crippen LogP contribution in [0.2, 0.25) is 0 Å². The lowest BCUT2D eigenvalue weighted by molar-refractivity contribution is 0.117. The van der Waals surface area contributed by atoms with Gasteiger partial charge < -0.3 is 10.1 Å². The molecule has 108 valence electrons. The molecule has 4 rings (SSSR count). The maximum atomic E-state index is 5.82. The number of hydrogen-bond donors (Lipinski definition) is 1. The minimum absolute atomic E-state index is 0.344. The third-order valence-electron chi connectivity index (χ3n) is 5.26. The van der Waals surface area contributed by atoms with Crippen molar-refractivity contribution in [1.82, 2.24) is 10.2 Å². The molecule has 1 aromatic carbocycles. The van der Waals surface area contributed by atoms with Crippen molar-refractivity contribution >= 4 is 0 Å². The van der Waals surface area contributed by atoms with Crippen LogP contribution in [-0.2, 0) is 0 Å². The van der Waals surface area contributed by atoms with Gasteiger partial charge in [0.05, 0.1) is 6.61 Å². The first-order valence-corrected chi connectivity index (χ1v) is 7.94. The van der Waals surface area contributed by atoms with Gasteiger partial charge in [-0.15, -0.1) is 0 Å². The highest BCUT2D eigenvalue weighted by molar-refractivity contribution is 5.39. The first-order chi connectivity index (χ1) is 9.74. The summed E-state index contributed by atoms with van der Waals surface area (Å²) in [6.45, 7) is 7.89. The molecule has 1 N–H and O–H groups in total. The van der Waals surface area contributed by atoms with Gasteiger partial charge in [0.2, 0.25) is 0 Å². The van der Waals surface area contributed by atoms with E-state index in [0.29, 0.717) is 11.5 Å². The van der Waals surface area contributed by atoms with Crippen LogP contribution < -0.4 is 10.1 Å². The maximum Gasteiger partial charge on any atom is 0.122 e. The number of nitrogens with zero attached hydrogens (tertiary/aromatic N) is 1. The molecule has 2 atom stereocenters.